The minimum Gasteiger partial charge on any atom is -0.490 e. The number of hydrogen-bond acceptors (Lipinski definition) is 6. The topological polar surface area (TPSA) is 98.3 Å². The van der Waals surface area contributed by atoms with E-state index in [1.54, 1.807) is 42.5 Å². The highest BCUT2D eigenvalue weighted by Crippen LogP contribution is 2.34. The van der Waals surface area contributed by atoms with Gasteiger partial charge in [-0.3, -0.25) is 9.59 Å². The van der Waals surface area contributed by atoms with Gasteiger partial charge in [0.1, 0.15) is 0 Å². The maximum atomic E-state index is 12.6. The summed E-state index contributed by atoms with van der Waals surface area (Å²) in [6.45, 7) is 4.57. The molecule has 2 N–H and O–H groups in total. The van der Waals surface area contributed by atoms with Crippen molar-refractivity contribution < 1.29 is 23.8 Å². The monoisotopic (exact) mass is 543 g/mol. The van der Waals surface area contributed by atoms with Crippen molar-refractivity contribution in [1.29, 1.82) is 0 Å². The highest BCUT2D eigenvalue weighted by Gasteiger charge is 2.13. The van der Waals surface area contributed by atoms with Gasteiger partial charge in [-0.2, -0.15) is 5.10 Å². The predicted molar refractivity (Wildman–Crippen MR) is 145 cm³/mol. The number of halogens is 2. The Kier molecular flexibility index (Phi) is 10.6. The van der Waals surface area contributed by atoms with Crippen LogP contribution in [-0.2, 0) is 4.79 Å². The van der Waals surface area contributed by atoms with Crippen molar-refractivity contribution in [2.45, 2.75) is 20.3 Å². The smallest absolute Gasteiger partial charge is 0.271 e. The molecule has 194 valence electrons. The third-order valence-electron chi connectivity index (χ3n) is 4.77. The summed E-state index contributed by atoms with van der Waals surface area (Å²) in [4.78, 5) is 24.7. The van der Waals surface area contributed by atoms with Gasteiger partial charge >= 0.3 is 0 Å². The molecule has 0 saturated carbocycles. The molecular weight excluding hydrogens is 517 g/mol. The van der Waals surface area contributed by atoms with E-state index < -0.39 is 5.91 Å². The van der Waals surface area contributed by atoms with Gasteiger partial charge < -0.3 is 19.5 Å². The lowest BCUT2D eigenvalue weighted by Gasteiger charge is -2.12. The molecule has 0 atom stereocenters. The van der Waals surface area contributed by atoms with Gasteiger partial charge in [-0.1, -0.05) is 48.3 Å². The number of rotatable bonds is 12. The van der Waals surface area contributed by atoms with E-state index in [0.717, 1.165) is 6.42 Å². The van der Waals surface area contributed by atoms with Crippen LogP contribution < -0.4 is 25.0 Å². The van der Waals surface area contributed by atoms with E-state index in [0.29, 0.717) is 41.5 Å². The first-order chi connectivity index (χ1) is 17.9. The lowest BCUT2D eigenvalue weighted by Crippen LogP contribution is -2.20. The normalized spacial score (nSPS) is 10.7. The average molecular weight is 544 g/mol. The molecule has 0 unspecified atom stereocenters. The first-order valence-electron chi connectivity index (χ1n) is 11.6. The van der Waals surface area contributed by atoms with Crippen molar-refractivity contribution in [1.82, 2.24) is 5.43 Å². The van der Waals surface area contributed by atoms with E-state index in [2.05, 4.69) is 15.8 Å². The number of anilines is 1. The second-order valence-corrected chi connectivity index (χ2v) is 8.47. The Labute approximate surface area is 225 Å². The van der Waals surface area contributed by atoms with E-state index in [9.17, 15) is 9.59 Å². The molecule has 37 heavy (non-hydrogen) atoms. The molecule has 0 fully saturated rings. The molecule has 0 aliphatic heterocycles. The molecule has 0 saturated heterocycles. The van der Waals surface area contributed by atoms with Crippen LogP contribution in [-0.4, -0.2) is 37.8 Å². The number of hydrazone groups is 1. The van der Waals surface area contributed by atoms with Crippen LogP contribution in [0.2, 0.25) is 10.0 Å². The highest BCUT2D eigenvalue weighted by atomic mass is 35.5. The van der Waals surface area contributed by atoms with Crippen molar-refractivity contribution in [2.24, 2.45) is 5.10 Å². The Bertz CT molecular complexity index is 1230. The van der Waals surface area contributed by atoms with E-state index in [-0.39, 0.29) is 28.3 Å². The van der Waals surface area contributed by atoms with Crippen molar-refractivity contribution in [3.05, 3.63) is 81.8 Å². The molecule has 3 aromatic carbocycles. The van der Waals surface area contributed by atoms with Gasteiger partial charge in [-0.05, 0) is 61.4 Å². The number of carbonyl (C=O) groups excluding carboxylic acids is 2. The molecule has 0 bridgehead atoms. The fourth-order valence-electron chi connectivity index (χ4n) is 3.13. The van der Waals surface area contributed by atoms with Crippen LogP contribution in [0.5, 0.6) is 17.2 Å². The molecule has 0 aliphatic rings. The highest BCUT2D eigenvalue weighted by molar-refractivity contribution is 6.37. The summed E-state index contributed by atoms with van der Waals surface area (Å²) in [6, 6.07) is 17.0. The standard InChI is InChI=1S/C27H27Cl2N3O5/c1-3-12-36-23-11-10-19(15-24(23)35-4-2)27(34)32-30-16-18-13-21(28)26(22(29)14-18)37-17-25(33)31-20-8-6-5-7-9-20/h5-11,13-16H,3-4,12,17H2,1-2H3,(H,31,33)(H,32,34)/b30-16+. The molecule has 3 rings (SSSR count). The molecule has 0 spiro atoms. The van der Waals surface area contributed by atoms with Gasteiger partial charge in [0.25, 0.3) is 11.8 Å². The fraction of sp³-hybridized carbons (Fsp3) is 0.222. The Morgan fingerprint density at radius 2 is 1.65 bits per heavy atom. The average Bonchev–Trinajstić information content (AvgIpc) is 2.88. The third kappa shape index (κ3) is 8.41. The molecule has 0 aromatic heterocycles. The van der Waals surface area contributed by atoms with Crippen LogP contribution in [0.3, 0.4) is 0 Å². The van der Waals surface area contributed by atoms with E-state index >= 15 is 0 Å². The van der Waals surface area contributed by atoms with E-state index in [1.165, 1.54) is 6.21 Å². The zero-order valence-corrected chi connectivity index (χ0v) is 21.9. The Morgan fingerprint density at radius 3 is 2.32 bits per heavy atom. The van der Waals surface area contributed by atoms with Gasteiger partial charge in [-0.25, -0.2) is 5.43 Å². The Balaban J connectivity index is 1.59. The summed E-state index contributed by atoms with van der Waals surface area (Å²) in [6.07, 6.45) is 2.25. The van der Waals surface area contributed by atoms with Gasteiger partial charge in [0.05, 0.1) is 29.5 Å². The van der Waals surface area contributed by atoms with Crippen LogP contribution in [0, 0.1) is 0 Å². The zero-order valence-electron chi connectivity index (χ0n) is 20.4. The summed E-state index contributed by atoms with van der Waals surface area (Å²) in [5.74, 6) is 0.443. The SMILES string of the molecule is CCCOc1ccc(C(=O)N/N=C/c2cc(Cl)c(OCC(=O)Nc3ccccc3)c(Cl)c2)cc1OCC. The zero-order chi connectivity index (χ0) is 26.6. The van der Waals surface area contributed by atoms with Crippen molar-refractivity contribution >= 4 is 46.9 Å². The van der Waals surface area contributed by atoms with Gasteiger partial charge in [0.2, 0.25) is 0 Å². The maximum Gasteiger partial charge on any atom is 0.271 e. The first kappa shape index (κ1) is 27.8. The van der Waals surface area contributed by atoms with E-state index in [4.69, 9.17) is 37.4 Å². The number of benzene rings is 3. The molecule has 0 aliphatic carbocycles. The Morgan fingerprint density at radius 1 is 0.919 bits per heavy atom. The van der Waals surface area contributed by atoms with Gasteiger partial charge in [-0.15, -0.1) is 0 Å². The number of nitrogens with zero attached hydrogens (tertiary/aromatic N) is 1. The fourth-order valence-corrected chi connectivity index (χ4v) is 3.74. The lowest BCUT2D eigenvalue weighted by atomic mass is 10.2. The Hall–Kier alpha value is -3.75. The minimum atomic E-state index is -0.430. The first-order valence-corrected chi connectivity index (χ1v) is 12.4. The second-order valence-electron chi connectivity index (χ2n) is 7.66. The number of carbonyl (C=O) groups is 2. The van der Waals surface area contributed by atoms with Crippen LogP contribution in [0.1, 0.15) is 36.2 Å². The third-order valence-corrected chi connectivity index (χ3v) is 5.33. The second kappa shape index (κ2) is 14.1. The number of hydrogen-bond donors (Lipinski definition) is 2. The quantitative estimate of drug-likeness (QED) is 0.217. The van der Waals surface area contributed by atoms with Crippen LogP contribution in [0.25, 0.3) is 0 Å². The van der Waals surface area contributed by atoms with Crippen molar-refractivity contribution in [3.63, 3.8) is 0 Å². The summed E-state index contributed by atoms with van der Waals surface area (Å²) in [5.41, 5.74) is 3.99. The number of ether oxygens (including phenoxy) is 3. The minimum absolute atomic E-state index is 0.168. The maximum absolute atomic E-state index is 12.6. The molecule has 8 nitrogen and oxygen atoms in total. The summed E-state index contributed by atoms with van der Waals surface area (Å²) in [7, 11) is 0. The van der Waals surface area contributed by atoms with Crippen molar-refractivity contribution in [2.75, 3.05) is 25.1 Å². The number of nitrogens with one attached hydrogen (secondary N) is 2. The van der Waals surface area contributed by atoms with Gasteiger partial charge in [0, 0.05) is 11.3 Å². The van der Waals surface area contributed by atoms with Crippen LogP contribution in [0.15, 0.2) is 65.8 Å². The van der Waals surface area contributed by atoms with E-state index in [1.807, 2.05) is 32.0 Å². The van der Waals surface area contributed by atoms with Crippen LogP contribution >= 0.6 is 23.2 Å². The van der Waals surface area contributed by atoms with Crippen LogP contribution in [0.4, 0.5) is 5.69 Å². The molecule has 3 aromatic rings. The number of para-hydroxylation sites is 1. The molecule has 0 radical (unpaired) electrons. The number of amides is 2. The molecule has 2 amide bonds. The predicted octanol–water partition coefficient (Wildman–Crippen LogP) is 5.96. The summed E-state index contributed by atoms with van der Waals surface area (Å²) < 4.78 is 16.8. The molecular formula is C27H27Cl2N3O5. The molecule has 0 heterocycles. The van der Waals surface area contributed by atoms with Crippen molar-refractivity contribution in [3.8, 4) is 17.2 Å². The summed E-state index contributed by atoms with van der Waals surface area (Å²) in [5, 5.41) is 7.07. The lowest BCUT2D eigenvalue weighted by molar-refractivity contribution is -0.118. The molecule has 10 heteroatoms. The van der Waals surface area contributed by atoms with Gasteiger partial charge in [0.15, 0.2) is 23.9 Å². The largest absolute Gasteiger partial charge is 0.490 e. The summed E-state index contributed by atoms with van der Waals surface area (Å²) >= 11 is 12.6.